The van der Waals surface area contributed by atoms with E-state index in [0.717, 1.165) is 44.2 Å². The smallest absolute Gasteiger partial charge is 0.264 e. The van der Waals surface area contributed by atoms with Gasteiger partial charge in [-0.25, -0.2) is 12.8 Å². The van der Waals surface area contributed by atoms with E-state index < -0.39 is 34.3 Å². The van der Waals surface area contributed by atoms with Crippen molar-refractivity contribution in [2.75, 3.05) is 17.5 Å². The Bertz CT molecular complexity index is 1720. The Balaban J connectivity index is 1.80. The van der Waals surface area contributed by atoms with E-state index in [9.17, 15) is 22.4 Å². The molecule has 4 rings (SSSR count). The van der Waals surface area contributed by atoms with Gasteiger partial charge in [-0.2, -0.15) is 0 Å². The van der Waals surface area contributed by atoms with Crippen LogP contribution in [0.5, 0.6) is 5.75 Å². The summed E-state index contributed by atoms with van der Waals surface area (Å²) in [6.45, 7) is 5.33. The molecule has 0 saturated heterocycles. The topological polar surface area (TPSA) is 96.0 Å². The average molecular weight is 711 g/mol. The number of halogens is 2. The fraction of sp³-hybridized carbons (Fsp3) is 0.257. The largest absolute Gasteiger partial charge is 0.494 e. The fourth-order valence-corrected chi connectivity index (χ4v) is 6.77. The molecule has 0 aliphatic heterocycles. The van der Waals surface area contributed by atoms with Crippen molar-refractivity contribution in [3.05, 3.63) is 125 Å². The second-order valence-electron chi connectivity index (χ2n) is 10.9. The van der Waals surface area contributed by atoms with Gasteiger partial charge in [0.2, 0.25) is 11.8 Å². The zero-order chi connectivity index (χ0) is 33.3. The standard InChI is InChI=1S/C35H37BrFN3O5S/c1-4-45-31-17-15-30(16-18-31)40(46(43,44)32-19-13-29(37)14-20-32)24-34(41)39(23-27-11-8-12-28(36)21-27)33(35(42)38-25(2)3)22-26-9-6-5-7-10-26/h5-21,25,33H,4,22-24H2,1-3H3,(H,38,42)/t33-/m0/s1. The van der Waals surface area contributed by atoms with Gasteiger partial charge in [-0.05, 0) is 92.6 Å². The van der Waals surface area contributed by atoms with Gasteiger partial charge in [0.15, 0.2) is 0 Å². The van der Waals surface area contributed by atoms with Crippen LogP contribution in [0, 0.1) is 5.82 Å². The second kappa shape index (κ2) is 15.9. The molecule has 1 N–H and O–H groups in total. The van der Waals surface area contributed by atoms with Crippen LogP contribution in [0.15, 0.2) is 112 Å². The Kier molecular flexibility index (Phi) is 11.9. The number of ether oxygens (including phenoxy) is 1. The summed E-state index contributed by atoms with van der Waals surface area (Å²) < 4.78 is 49.2. The van der Waals surface area contributed by atoms with Gasteiger partial charge >= 0.3 is 0 Å². The van der Waals surface area contributed by atoms with Crippen LogP contribution in [0.1, 0.15) is 31.9 Å². The van der Waals surface area contributed by atoms with Crippen molar-refractivity contribution in [2.24, 2.45) is 0 Å². The van der Waals surface area contributed by atoms with Gasteiger partial charge in [0, 0.05) is 23.5 Å². The highest BCUT2D eigenvalue weighted by Gasteiger charge is 2.35. The SMILES string of the molecule is CCOc1ccc(N(CC(=O)N(Cc2cccc(Br)c2)[C@@H](Cc2ccccc2)C(=O)NC(C)C)S(=O)(=O)c2ccc(F)cc2)cc1. The van der Waals surface area contributed by atoms with Gasteiger partial charge in [-0.1, -0.05) is 58.4 Å². The molecule has 0 heterocycles. The Morgan fingerprint density at radius 2 is 1.54 bits per heavy atom. The van der Waals surface area contributed by atoms with E-state index in [1.807, 2.05) is 75.4 Å². The number of anilines is 1. The lowest BCUT2D eigenvalue weighted by atomic mass is 10.0. The average Bonchev–Trinajstić information content (AvgIpc) is 3.02. The quantitative estimate of drug-likeness (QED) is 0.165. The lowest BCUT2D eigenvalue weighted by Crippen LogP contribution is -2.54. The maximum Gasteiger partial charge on any atom is 0.264 e. The van der Waals surface area contributed by atoms with Crippen molar-refractivity contribution in [3.8, 4) is 5.75 Å². The minimum atomic E-state index is -4.36. The number of rotatable bonds is 14. The maximum absolute atomic E-state index is 14.5. The zero-order valence-electron chi connectivity index (χ0n) is 25.9. The number of hydrogen-bond acceptors (Lipinski definition) is 5. The summed E-state index contributed by atoms with van der Waals surface area (Å²) in [6, 6.07) is 26.3. The summed E-state index contributed by atoms with van der Waals surface area (Å²) in [5.74, 6) is -1.03. The van der Waals surface area contributed by atoms with E-state index in [1.165, 1.54) is 4.90 Å². The number of sulfonamides is 1. The van der Waals surface area contributed by atoms with E-state index in [-0.39, 0.29) is 35.5 Å². The molecule has 0 spiro atoms. The summed E-state index contributed by atoms with van der Waals surface area (Å²) in [5.41, 5.74) is 1.78. The van der Waals surface area contributed by atoms with Crippen molar-refractivity contribution in [1.29, 1.82) is 0 Å². The molecule has 0 aliphatic rings. The number of nitrogens with one attached hydrogen (secondary N) is 1. The van der Waals surface area contributed by atoms with Gasteiger partial charge in [-0.3, -0.25) is 13.9 Å². The molecule has 0 fully saturated rings. The van der Waals surface area contributed by atoms with Gasteiger partial charge in [0.05, 0.1) is 17.2 Å². The van der Waals surface area contributed by atoms with Crippen LogP contribution in [0.25, 0.3) is 0 Å². The van der Waals surface area contributed by atoms with Gasteiger partial charge in [0.25, 0.3) is 10.0 Å². The van der Waals surface area contributed by atoms with Crippen molar-refractivity contribution < 1.29 is 27.1 Å². The van der Waals surface area contributed by atoms with Crippen LogP contribution in [0.4, 0.5) is 10.1 Å². The highest BCUT2D eigenvalue weighted by Crippen LogP contribution is 2.27. The lowest BCUT2D eigenvalue weighted by molar-refractivity contribution is -0.140. The highest BCUT2D eigenvalue weighted by atomic mass is 79.9. The summed E-state index contributed by atoms with van der Waals surface area (Å²) in [5, 5.41) is 2.94. The van der Waals surface area contributed by atoms with E-state index >= 15 is 0 Å². The Morgan fingerprint density at radius 3 is 2.15 bits per heavy atom. The molecule has 0 radical (unpaired) electrons. The van der Waals surface area contributed by atoms with E-state index in [2.05, 4.69) is 21.2 Å². The summed E-state index contributed by atoms with van der Waals surface area (Å²) in [6.07, 6.45) is 0.201. The minimum Gasteiger partial charge on any atom is -0.494 e. The summed E-state index contributed by atoms with van der Waals surface area (Å²) in [4.78, 5) is 29.5. The van der Waals surface area contributed by atoms with Gasteiger partial charge < -0.3 is 15.0 Å². The Labute approximate surface area is 278 Å². The van der Waals surface area contributed by atoms with Crippen molar-refractivity contribution in [2.45, 2.75) is 50.7 Å². The molecule has 242 valence electrons. The normalized spacial score (nSPS) is 12.0. The molecule has 0 saturated carbocycles. The minimum absolute atomic E-state index is 0.0367. The van der Waals surface area contributed by atoms with Gasteiger partial charge in [-0.15, -0.1) is 0 Å². The molecule has 4 aromatic rings. The number of carbonyl (C=O) groups excluding carboxylic acids is 2. The van der Waals surface area contributed by atoms with Crippen LogP contribution >= 0.6 is 15.9 Å². The molecule has 0 aromatic heterocycles. The molecule has 0 unspecified atom stereocenters. The second-order valence-corrected chi connectivity index (χ2v) is 13.7. The fourth-order valence-electron chi connectivity index (χ4n) is 4.90. The molecule has 4 aromatic carbocycles. The van der Waals surface area contributed by atoms with Crippen LogP contribution in [-0.2, 0) is 32.6 Å². The molecule has 0 bridgehead atoms. The summed E-state index contributed by atoms with van der Waals surface area (Å²) >= 11 is 3.48. The third-order valence-corrected chi connectivity index (χ3v) is 9.34. The predicted molar refractivity (Wildman–Crippen MR) is 180 cm³/mol. The highest BCUT2D eigenvalue weighted by molar-refractivity contribution is 9.10. The van der Waals surface area contributed by atoms with Crippen LogP contribution in [-0.4, -0.2) is 50.4 Å². The Hall–Kier alpha value is -4.22. The first-order chi connectivity index (χ1) is 22.0. The van der Waals surface area contributed by atoms with E-state index in [1.54, 1.807) is 24.3 Å². The lowest BCUT2D eigenvalue weighted by Gasteiger charge is -2.34. The molecule has 1 atom stereocenters. The monoisotopic (exact) mass is 709 g/mol. The first kappa shape index (κ1) is 34.6. The first-order valence-electron chi connectivity index (χ1n) is 14.9. The zero-order valence-corrected chi connectivity index (χ0v) is 28.3. The van der Waals surface area contributed by atoms with Crippen LogP contribution in [0.3, 0.4) is 0 Å². The first-order valence-corrected chi connectivity index (χ1v) is 17.1. The van der Waals surface area contributed by atoms with E-state index in [4.69, 9.17) is 4.74 Å². The molecular weight excluding hydrogens is 673 g/mol. The van der Waals surface area contributed by atoms with Crippen LogP contribution < -0.4 is 14.4 Å². The van der Waals surface area contributed by atoms with Crippen molar-refractivity contribution in [1.82, 2.24) is 10.2 Å². The molecule has 0 aliphatic carbocycles. The molecule has 2 amide bonds. The van der Waals surface area contributed by atoms with Crippen molar-refractivity contribution >= 4 is 43.5 Å². The third-order valence-electron chi connectivity index (χ3n) is 7.06. The summed E-state index contributed by atoms with van der Waals surface area (Å²) in [7, 11) is -4.36. The predicted octanol–water partition coefficient (Wildman–Crippen LogP) is 6.35. The number of nitrogens with zero attached hydrogens (tertiary/aromatic N) is 2. The number of amides is 2. The number of hydrogen-bond donors (Lipinski definition) is 1. The maximum atomic E-state index is 14.5. The van der Waals surface area contributed by atoms with Gasteiger partial charge in [0.1, 0.15) is 24.2 Å². The number of carbonyl (C=O) groups is 2. The Morgan fingerprint density at radius 1 is 0.891 bits per heavy atom. The van der Waals surface area contributed by atoms with Crippen molar-refractivity contribution in [3.63, 3.8) is 0 Å². The number of benzene rings is 4. The third kappa shape index (κ3) is 9.17. The molecule has 11 heteroatoms. The van der Waals surface area contributed by atoms with Crippen LogP contribution in [0.2, 0.25) is 0 Å². The van der Waals surface area contributed by atoms with E-state index in [0.29, 0.717) is 12.4 Å². The molecule has 46 heavy (non-hydrogen) atoms. The molecular formula is C35H37BrFN3O5S. The molecule has 8 nitrogen and oxygen atoms in total.